The molecule has 4 aromatic rings. The second-order valence-electron chi connectivity index (χ2n) is 11.1. The average Bonchev–Trinajstić information content (AvgIpc) is 3.83. The number of hydrogen-bond donors (Lipinski definition) is 1. The fourth-order valence-electron chi connectivity index (χ4n) is 5.75. The van der Waals surface area contributed by atoms with Crippen molar-refractivity contribution < 1.29 is 17.9 Å². The van der Waals surface area contributed by atoms with Gasteiger partial charge in [0.2, 0.25) is 0 Å². The molecule has 41 heavy (non-hydrogen) atoms. The van der Waals surface area contributed by atoms with Crippen LogP contribution in [-0.4, -0.2) is 48.2 Å². The van der Waals surface area contributed by atoms with Crippen molar-refractivity contribution in [2.45, 2.75) is 56.6 Å². The highest BCUT2D eigenvalue weighted by molar-refractivity contribution is 7.91. The Labute approximate surface area is 238 Å². The van der Waals surface area contributed by atoms with E-state index in [9.17, 15) is 13.2 Å². The number of rotatable bonds is 5. The second kappa shape index (κ2) is 10.2. The summed E-state index contributed by atoms with van der Waals surface area (Å²) in [5.41, 5.74) is 6.10. The summed E-state index contributed by atoms with van der Waals surface area (Å²) in [6.45, 7) is 3.58. The number of fused-ring (bicyclic) bond motifs is 3. The molecule has 0 atom stereocenters. The lowest BCUT2D eigenvalue weighted by atomic mass is 10.0. The number of sulfone groups is 1. The smallest absolute Gasteiger partial charge is 0.251 e. The molecule has 7 rings (SSSR count). The van der Waals surface area contributed by atoms with E-state index in [1.807, 2.05) is 18.2 Å². The molecule has 3 aliphatic rings. The monoisotopic (exact) mass is 569 g/mol. The Morgan fingerprint density at radius 2 is 1.98 bits per heavy atom. The van der Waals surface area contributed by atoms with Crippen LogP contribution in [0.15, 0.2) is 53.6 Å². The van der Waals surface area contributed by atoms with Crippen LogP contribution < -0.4 is 10.2 Å². The molecule has 210 valence electrons. The predicted molar refractivity (Wildman–Crippen MR) is 155 cm³/mol. The zero-order valence-electron chi connectivity index (χ0n) is 22.9. The van der Waals surface area contributed by atoms with E-state index < -0.39 is 9.84 Å². The number of aromatic nitrogens is 3. The van der Waals surface area contributed by atoms with E-state index in [-0.39, 0.29) is 41.9 Å². The molecule has 9 nitrogen and oxygen atoms in total. The Morgan fingerprint density at radius 1 is 1.10 bits per heavy atom. The summed E-state index contributed by atoms with van der Waals surface area (Å²) in [5, 5.41) is 3.78. The lowest BCUT2D eigenvalue weighted by molar-refractivity contribution is 0.0950. The molecule has 1 N–H and O–H groups in total. The molecule has 1 saturated carbocycles. The van der Waals surface area contributed by atoms with E-state index >= 15 is 0 Å². The lowest BCUT2D eigenvalue weighted by Crippen LogP contribution is -2.27. The number of nitrogens with zero attached hydrogens (tertiary/aromatic N) is 4. The van der Waals surface area contributed by atoms with E-state index in [1.54, 1.807) is 18.3 Å². The summed E-state index contributed by atoms with van der Waals surface area (Å²) in [6.07, 6.45) is 6.26. The van der Waals surface area contributed by atoms with Gasteiger partial charge in [-0.05, 0) is 79.6 Å². The third-order valence-electron chi connectivity index (χ3n) is 8.10. The molecule has 1 amide bonds. The Morgan fingerprint density at radius 3 is 2.83 bits per heavy atom. The molecule has 3 aromatic heterocycles. The van der Waals surface area contributed by atoms with Gasteiger partial charge in [-0.25, -0.2) is 18.4 Å². The molecule has 1 aliphatic carbocycles. The largest absolute Gasteiger partial charge is 0.376 e. The van der Waals surface area contributed by atoms with Crippen LogP contribution in [0.5, 0.6) is 0 Å². The normalized spacial score (nSPS) is 17.9. The number of hydrogen-bond acceptors (Lipinski definition) is 8. The van der Waals surface area contributed by atoms with Crippen LogP contribution in [-0.2, 0) is 34.1 Å². The Kier molecular flexibility index (Phi) is 6.47. The Balaban J connectivity index is 1.12. The minimum atomic E-state index is -3.50. The lowest BCUT2D eigenvalue weighted by Gasteiger charge is -2.30. The van der Waals surface area contributed by atoms with E-state index in [1.165, 1.54) is 35.7 Å². The van der Waals surface area contributed by atoms with Gasteiger partial charge >= 0.3 is 0 Å². The van der Waals surface area contributed by atoms with E-state index in [0.717, 1.165) is 41.9 Å². The molecule has 1 aromatic carbocycles. The third kappa shape index (κ3) is 5.06. The molecular formula is C31H31N5O4S. The maximum Gasteiger partial charge on any atom is 0.251 e. The first-order valence-electron chi connectivity index (χ1n) is 14.1. The zero-order valence-corrected chi connectivity index (χ0v) is 23.7. The summed E-state index contributed by atoms with van der Waals surface area (Å²) in [7, 11) is -3.50. The molecule has 2 aliphatic heterocycles. The standard InChI is InChI=1S/C31H31N5O4S/c1-19-13-21-3-2-10-36(30(21)35-29(19)20-4-5-20)28-9-8-23-16-32-25(15-26(23)34-28)17-33-31(37)22-6-7-24-18-40-11-12-41(38,39)27(24)14-22/h6-9,13-16,20H,2-5,10-12,17-18H2,1H3,(H,33,37). The van der Waals surface area contributed by atoms with Gasteiger partial charge in [0.15, 0.2) is 9.84 Å². The van der Waals surface area contributed by atoms with Crippen LogP contribution in [0.25, 0.3) is 10.9 Å². The number of pyridine rings is 3. The van der Waals surface area contributed by atoms with Gasteiger partial charge < -0.3 is 15.0 Å². The highest BCUT2D eigenvalue weighted by Crippen LogP contribution is 2.43. The molecule has 0 spiro atoms. The number of benzene rings is 1. The number of carbonyl (C=O) groups excluding carboxylic acids is 1. The minimum Gasteiger partial charge on any atom is -0.376 e. The zero-order chi connectivity index (χ0) is 28.1. The van der Waals surface area contributed by atoms with Crippen LogP contribution >= 0.6 is 0 Å². The molecule has 0 bridgehead atoms. The van der Waals surface area contributed by atoms with Crippen molar-refractivity contribution in [3.8, 4) is 0 Å². The van der Waals surface area contributed by atoms with Crippen molar-refractivity contribution in [3.05, 3.63) is 82.3 Å². The molecule has 0 saturated heterocycles. The minimum absolute atomic E-state index is 0.0958. The van der Waals surface area contributed by atoms with Gasteiger partial charge in [-0.15, -0.1) is 0 Å². The van der Waals surface area contributed by atoms with Gasteiger partial charge in [-0.3, -0.25) is 9.78 Å². The summed E-state index contributed by atoms with van der Waals surface area (Å²) in [5.74, 6) is 2.00. The van der Waals surface area contributed by atoms with E-state index in [0.29, 0.717) is 17.2 Å². The molecule has 5 heterocycles. The van der Waals surface area contributed by atoms with Crippen LogP contribution in [0, 0.1) is 6.92 Å². The van der Waals surface area contributed by atoms with Crippen LogP contribution in [0.1, 0.15) is 63.6 Å². The summed E-state index contributed by atoms with van der Waals surface area (Å²) in [6, 6.07) is 13.0. The number of carbonyl (C=O) groups is 1. The van der Waals surface area contributed by atoms with Gasteiger partial charge in [0.05, 0.1) is 41.6 Å². The second-order valence-corrected chi connectivity index (χ2v) is 13.2. The predicted octanol–water partition coefficient (Wildman–Crippen LogP) is 4.53. The topological polar surface area (TPSA) is 114 Å². The summed E-state index contributed by atoms with van der Waals surface area (Å²) in [4.78, 5) is 30.0. The van der Waals surface area contributed by atoms with Crippen molar-refractivity contribution in [1.82, 2.24) is 20.3 Å². The van der Waals surface area contributed by atoms with Crippen LogP contribution in [0.4, 0.5) is 11.6 Å². The van der Waals surface area contributed by atoms with Crippen molar-refractivity contribution in [2.75, 3.05) is 23.8 Å². The van der Waals surface area contributed by atoms with E-state index in [2.05, 4.69) is 28.2 Å². The fraction of sp³-hybridized carbons (Fsp3) is 0.355. The number of nitrogens with one attached hydrogen (secondary N) is 1. The maximum absolute atomic E-state index is 13.0. The first kappa shape index (κ1) is 26.0. The van der Waals surface area contributed by atoms with Gasteiger partial charge in [0.1, 0.15) is 11.6 Å². The van der Waals surface area contributed by atoms with Crippen molar-refractivity contribution in [3.63, 3.8) is 0 Å². The van der Waals surface area contributed by atoms with E-state index in [4.69, 9.17) is 14.7 Å². The third-order valence-corrected chi connectivity index (χ3v) is 9.85. The molecule has 10 heteroatoms. The fourth-order valence-corrected chi connectivity index (χ4v) is 7.14. The van der Waals surface area contributed by atoms with Crippen molar-refractivity contribution >= 4 is 38.3 Å². The highest BCUT2D eigenvalue weighted by Gasteiger charge is 2.30. The van der Waals surface area contributed by atoms with Gasteiger partial charge in [0.25, 0.3) is 5.91 Å². The maximum atomic E-state index is 13.0. The first-order valence-corrected chi connectivity index (χ1v) is 15.8. The van der Waals surface area contributed by atoms with Crippen molar-refractivity contribution in [2.24, 2.45) is 0 Å². The Bertz CT molecular complexity index is 1800. The number of amides is 1. The van der Waals surface area contributed by atoms with Gasteiger partial charge in [-0.1, -0.05) is 12.1 Å². The van der Waals surface area contributed by atoms with Crippen molar-refractivity contribution in [1.29, 1.82) is 0 Å². The average molecular weight is 570 g/mol. The van der Waals surface area contributed by atoms with Gasteiger partial charge in [0, 0.05) is 35.3 Å². The number of anilines is 2. The van der Waals surface area contributed by atoms with Crippen LogP contribution in [0.2, 0.25) is 0 Å². The quantitative estimate of drug-likeness (QED) is 0.373. The molecule has 0 unspecified atom stereocenters. The summed E-state index contributed by atoms with van der Waals surface area (Å²) >= 11 is 0. The number of ether oxygens (including phenoxy) is 1. The van der Waals surface area contributed by atoms with Crippen LogP contribution in [0.3, 0.4) is 0 Å². The molecule has 1 fully saturated rings. The first-order chi connectivity index (χ1) is 19.9. The number of aryl methyl sites for hydroxylation is 2. The highest BCUT2D eigenvalue weighted by atomic mass is 32.2. The SMILES string of the molecule is Cc1cc2c(nc1C1CC1)N(c1ccc3cnc(CNC(=O)c4ccc5c(c4)S(=O)(=O)CCOC5)cc3n1)CCC2. The summed E-state index contributed by atoms with van der Waals surface area (Å²) < 4.78 is 30.6. The van der Waals surface area contributed by atoms with Gasteiger partial charge in [-0.2, -0.15) is 0 Å². The molecule has 0 radical (unpaired) electrons. The Hall–Kier alpha value is -3.89. The molecular weight excluding hydrogens is 538 g/mol.